The molecule has 5 nitrogen and oxygen atoms in total. The first-order valence-electron chi connectivity index (χ1n) is 20.9. The van der Waals surface area contributed by atoms with Crippen LogP contribution in [0, 0.1) is 0 Å². The Labute approximate surface area is 358 Å². The minimum Gasteiger partial charge on any atom is -0.309 e. The van der Waals surface area contributed by atoms with Crippen LogP contribution in [0.15, 0.2) is 224 Å². The zero-order valence-corrected chi connectivity index (χ0v) is 33.6. The van der Waals surface area contributed by atoms with E-state index in [4.69, 9.17) is 15.0 Å². The van der Waals surface area contributed by atoms with E-state index in [-0.39, 0.29) is 0 Å². The molecule has 0 unspecified atom stereocenters. The van der Waals surface area contributed by atoms with Crippen molar-refractivity contribution in [2.75, 3.05) is 0 Å². The quantitative estimate of drug-likeness (QED) is 0.162. The summed E-state index contributed by atoms with van der Waals surface area (Å²) in [5.41, 5.74) is 14.4. The van der Waals surface area contributed by atoms with Crippen molar-refractivity contribution in [1.29, 1.82) is 0 Å². The van der Waals surface area contributed by atoms with E-state index in [0.29, 0.717) is 17.6 Å². The van der Waals surface area contributed by atoms with E-state index < -0.39 is 0 Å². The second kappa shape index (κ2) is 14.7. The molecule has 0 aliphatic carbocycles. The molecule has 290 valence electrons. The van der Waals surface area contributed by atoms with E-state index in [9.17, 15) is 0 Å². The van der Waals surface area contributed by atoms with Gasteiger partial charge in [0.2, 0.25) is 5.95 Å². The lowest BCUT2D eigenvalue weighted by atomic mass is 9.93. The molecule has 0 saturated carbocycles. The van der Waals surface area contributed by atoms with Gasteiger partial charge in [-0.15, -0.1) is 0 Å². The molecule has 0 atom stereocenters. The van der Waals surface area contributed by atoms with Gasteiger partial charge in [-0.2, -0.15) is 9.97 Å². The van der Waals surface area contributed by atoms with E-state index in [1.807, 2.05) is 60.7 Å². The Balaban J connectivity index is 1.06. The third-order valence-electron chi connectivity index (χ3n) is 12.0. The second-order valence-corrected chi connectivity index (χ2v) is 15.7. The molecule has 0 fully saturated rings. The van der Waals surface area contributed by atoms with Crippen LogP contribution in [0.2, 0.25) is 0 Å². The van der Waals surface area contributed by atoms with E-state index in [1.54, 1.807) is 0 Å². The Morgan fingerprint density at radius 3 is 1.24 bits per heavy atom. The zero-order valence-electron chi connectivity index (χ0n) is 33.6. The third kappa shape index (κ3) is 6.06. The second-order valence-electron chi connectivity index (χ2n) is 15.7. The minimum atomic E-state index is 0.570. The summed E-state index contributed by atoms with van der Waals surface area (Å²) in [7, 11) is 0. The summed E-state index contributed by atoms with van der Waals surface area (Å²) in [6.07, 6.45) is 0. The van der Waals surface area contributed by atoms with Gasteiger partial charge in [-0.1, -0.05) is 170 Å². The molecule has 3 heterocycles. The van der Waals surface area contributed by atoms with Crippen molar-refractivity contribution in [2.24, 2.45) is 0 Å². The summed E-state index contributed by atoms with van der Waals surface area (Å²) in [6, 6.07) is 79.5. The topological polar surface area (TPSA) is 48.5 Å². The van der Waals surface area contributed by atoms with Crippen LogP contribution in [0.3, 0.4) is 0 Å². The van der Waals surface area contributed by atoms with Gasteiger partial charge in [-0.25, -0.2) is 4.98 Å². The van der Waals surface area contributed by atoms with Crippen LogP contribution in [-0.2, 0) is 0 Å². The number of benzene rings is 9. The lowest BCUT2D eigenvalue weighted by Crippen LogP contribution is -2.06. The fourth-order valence-electron chi connectivity index (χ4n) is 9.03. The molecular formula is C57H37N5. The molecule has 0 saturated heterocycles. The third-order valence-corrected chi connectivity index (χ3v) is 12.0. The van der Waals surface area contributed by atoms with Gasteiger partial charge < -0.3 is 4.57 Å². The molecule has 5 heteroatoms. The van der Waals surface area contributed by atoms with Crippen molar-refractivity contribution in [3.8, 4) is 67.8 Å². The standard InChI is InChI=1S/C57H37N5/c1-5-17-38(18-6-1)43-33-44(39-19-7-2-8-20-39)35-45(34-43)42-29-32-53-50(36-42)48-26-14-15-27-51(48)61(53)46-30-31-49-47-25-13-16-28-52(47)62(54(49)37-46)57-59-55(40-21-9-3-10-22-40)58-56(60-57)41-23-11-4-12-24-41/h1-37H. The van der Waals surface area contributed by atoms with Gasteiger partial charge in [0.15, 0.2) is 11.6 Å². The highest BCUT2D eigenvalue weighted by molar-refractivity contribution is 6.12. The lowest BCUT2D eigenvalue weighted by Gasteiger charge is -2.13. The Morgan fingerprint density at radius 2 is 0.677 bits per heavy atom. The highest BCUT2D eigenvalue weighted by Crippen LogP contribution is 2.40. The van der Waals surface area contributed by atoms with Crippen LogP contribution in [0.5, 0.6) is 0 Å². The van der Waals surface area contributed by atoms with E-state index in [1.165, 1.54) is 44.2 Å². The van der Waals surface area contributed by atoms with Crippen molar-refractivity contribution in [3.05, 3.63) is 224 Å². The van der Waals surface area contributed by atoms with Gasteiger partial charge in [0.05, 0.1) is 22.1 Å². The number of rotatable bonds is 7. The maximum absolute atomic E-state index is 5.19. The first-order chi connectivity index (χ1) is 30.7. The van der Waals surface area contributed by atoms with Crippen LogP contribution in [-0.4, -0.2) is 24.1 Å². The summed E-state index contributed by atoms with van der Waals surface area (Å²) >= 11 is 0. The van der Waals surface area contributed by atoms with Crippen molar-refractivity contribution >= 4 is 43.6 Å². The van der Waals surface area contributed by atoms with Gasteiger partial charge in [0.25, 0.3) is 0 Å². The number of aromatic nitrogens is 5. The van der Waals surface area contributed by atoms with Crippen LogP contribution in [0.25, 0.3) is 111 Å². The number of para-hydroxylation sites is 2. The number of nitrogens with zero attached hydrogens (tertiary/aromatic N) is 5. The number of fused-ring (bicyclic) bond motifs is 6. The Morgan fingerprint density at radius 1 is 0.242 bits per heavy atom. The fourth-order valence-corrected chi connectivity index (χ4v) is 9.03. The molecule has 12 rings (SSSR count). The lowest BCUT2D eigenvalue weighted by molar-refractivity contribution is 0.953. The molecule has 0 bridgehead atoms. The molecule has 0 amide bonds. The molecule has 0 aliphatic heterocycles. The highest BCUT2D eigenvalue weighted by Gasteiger charge is 2.20. The van der Waals surface area contributed by atoms with Crippen LogP contribution in [0.4, 0.5) is 0 Å². The maximum atomic E-state index is 5.19. The largest absolute Gasteiger partial charge is 0.309 e. The van der Waals surface area contributed by atoms with Crippen LogP contribution in [0.1, 0.15) is 0 Å². The Kier molecular flexibility index (Phi) is 8.42. The van der Waals surface area contributed by atoms with Crippen molar-refractivity contribution < 1.29 is 0 Å². The molecule has 0 N–H and O–H groups in total. The molecule has 0 radical (unpaired) electrons. The number of hydrogen-bond donors (Lipinski definition) is 0. The summed E-state index contributed by atoms with van der Waals surface area (Å²) in [6.45, 7) is 0. The normalized spacial score (nSPS) is 11.5. The first-order valence-corrected chi connectivity index (χ1v) is 20.9. The average Bonchev–Trinajstić information content (AvgIpc) is 3.87. The van der Waals surface area contributed by atoms with Crippen LogP contribution >= 0.6 is 0 Å². The zero-order chi connectivity index (χ0) is 41.0. The summed E-state index contributed by atoms with van der Waals surface area (Å²) in [5, 5.41) is 4.66. The summed E-state index contributed by atoms with van der Waals surface area (Å²) < 4.78 is 4.59. The Bertz CT molecular complexity index is 3500. The van der Waals surface area contributed by atoms with Gasteiger partial charge in [0.1, 0.15) is 0 Å². The predicted octanol–water partition coefficient (Wildman–Crippen LogP) is 14.4. The molecule has 9 aromatic carbocycles. The van der Waals surface area contributed by atoms with E-state index in [0.717, 1.165) is 49.7 Å². The summed E-state index contributed by atoms with van der Waals surface area (Å²) in [4.78, 5) is 15.4. The van der Waals surface area contributed by atoms with Crippen molar-refractivity contribution in [1.82, 2.24) is 24.1 Å². The van der Waals surface area contributed by atoms with Gasteiger partial charge in [0, 0.05) is 38.4 Å². The number of hydrogen-bond acceptors (Lipinski definition) is 3. The van der Waals surface area contributed by atoms with Crippen LogP contribution < -0.4 is 0 Å². The average molecular weight is 792 g/mol. The monoisotopic (exact) mass is 791 g/mol. The van der Waals surface area contributed by atoms with Crippen molar-refractivity contribution in [2.45, 2.75) is 0 Å². The van der Waals surface area contributed by atoms with Gasteiger partial charge in [-0.3, -0.25) is 4.57 Å². The first kappa shape index (κ1) is 35.5. The molecule has 0 aliphatic rings. The maximum Gasteiger partial charge on any atom is 0.238 e. The molecule has 12 aromatic rings. The highest BCUT2D eigenvalue weighted by atomic mass is 15.2. The minimum absolute atomic E-state index is 0.570. The SMILES string of the molecule is c1ccc(-c2cc(-c3ccccc3)cc(-c3ccc4c(c3)c3ccccc3n4-c3ccc4c5ccccc5n(-c5nc(-c6ccccc6)nc(-c6ccccc6)n5)c4c3)c2)cc1. The molecule has 62 heavy (non-hydrogen) atoms. The molecule has 0 spiro atoms. The van der Waals surface area contributed by atoms with E-state index >= 15 is 0 Å². The van der Waals surface area contributed by atoms with Gasteiger partial charge in [-0.05, 0) is 88.0 Å². The predicted molar refractivity (Wildman–Crippen MR) is 256 cm³/mol. The Hall–Kier alpha value is -8.41. The molecular weight excluding hydrogens is 755 g/mol. The van der Waals surface area contributed by atoms with Gasteiger partial charge >= 0.3 is 0 Å². The smallest absolute Gasteiger partial charge is 0.238 e. The van der Waals surface area contributed by atoms with Crippen molar-refractivity contribution in [3.63, 3.8) is 0 Å². The fraction of sp³-hybridized carbons (Fsp3) is 0. The summed E-state index contributed by atoms with van der Waals surface area (Å²) in [5.74, 6) is 1.82. The molecule has 3 aromatic heterocycles. The van der Waals surface area contributed by atoms with E-state index in [2.05, 4.69) is 173 Å².